The zero-order chi connectivity index (χ0) is 28.8. The quantitative estimate of drug-likeness (QED) is 0.362. The van der Waals surface area contributed by atoms with Gasteiger partial charge in [0.1, 0.15) is 0 Å². The van der Waals surface area contributed by atoms with Crippen LogP contribution in [0.2, 0.25) is 0 Å². The molecular weight excluding hydrogens is 513 g/mol. The van der Waals surface area contributed by atoms with Crippen molar-refractivity contribution in [1.82, 2.24) is 14.7 Å². The highest BCUT2D eigenvalue weighted by Gasteiger charge is 2.36. The fourth-order valence-corrected chi connectivity index (χ4v) is 5.07. The van der Waals surface area contributed by atoms with E-state index in [9.17, 15) is 33.0 Å². The fourth-order valence-electron chi connectivity index (χ4n) is 5.07. The first-order valence-electron chi connectivity index (χ1n) is 12.8. The molecule has 210 valence electrons. The van der Waals surface area contributed by atoms with Gasteiger partial charge in [0.2, 0.25) is 0 Å². The van der Waals surface area contributed by atoms with E-state index in [0.29, 0.717) is 49.5 Å². The van der Waals surface area contributed by atoms with E-state index < -0.39 is 34.8 Å². The number of alkyl halides is 3. The number of aliphatic hydroxyl groups is 1. The van der Waals surface area contributed by atoms with Crippen molar-refractivity contribution < 1.29 is 33.0 Å². The number of amides is 2. The third kappa shape index (κ3) is 5.88. The second kappa shape index (κ2) is 10.2. The number of hydrogen-bond acceptors (Lipinski definition) is 4. The summed E-state index contributed by atoms with van der Waals surface area (Å²) in [4.78, 5) is 26.0. The molecule has 1 aliphatic rings. The number of carbonyl (C=O) groups excluding carboxylic acids is 1. The number of rotatable bonds is 6. The van der Waals surface area contributed by atoms with Gasteiger partial charge in [0, 0.05) is 24.2 Å². The highest BCUT2D eigenvalue weighted by atomic mass is 19.4. The summed E-state index contributed by atoms with van der Waals surface area (Å²) in [6, 6.07) is 8.18. The lowest BCUT2D eigenvalue weighted by molar-refractivity contribution is -0.142. The predicted octanol–water partition coefficient (Wildman–Crippen LogP) is 5.81. The monoisotopic (exact) mass is 546 g/mol. The number of nitrogens with one attached hydrogen (secondary N) is 1. The third-order valence-electron chi connectivity index (χ3n) is 7.38. The number of hydrogen-bond donors (Lipinski definition) is 3. The second-order valence-corrected chi connectivity index (χ2v) is 11.2. The summed E-state index contributed by atoms with van der Waals surface area (Å²) >= 11 is 0. The SMILES string of the molecule is CC(C)CC1(O)CCN(C(=O)Nc2cc(C(F)(F)F)c3cnn(-c4ccc(C(C)(C)C(=O)O)cc4)c3c2)CC1. The van der Waals surface area contributed by atoms with Crippen molar-refractivity contribution >= 4 is 28.6 Å². The number of aromatic nitrogens is 2. The predicted molar refractivity (Wildman–Crippen MR) is 141 cm³/mol. The number of carbonyl (C=O) groups is 2. The molecule has 8 nitrogen and oxygen atoms in total. The van der Waals surface area contributed by atoms with Crippen molar-refractivity contribution in [3.8, 4) is 5.69 Å². The topological polar surface area (TPSA) is 108 Å². The molecule has 0 spiro atoms. The zero-order valence-electron chi connectivity index (χ0n) is 22.3. The van der Waals surface area contributed by atoms with Gasteiger partial charge in [0.05, 0.1) is 34.0 Å². The molecule has 1 aromatic heterocycles. The number of anilines is 1. The molecule has 1 saturated heterocycles. The van der Waals surface area contributed by atoms with Crippen molar-refractivity contribution in [2.24, 2.45) is 5.92 Å². The van der Waals surface area contributed by atoms with Gasteiger partial charge in [0.15, 0.2) is 0 Å². The molecule has 0 radical (unpaired) electrons. The van der Waals surface area contributed by atoms with Gasteiger partial charge in [-0.25, -0.2) is 9.48 Å². The molecule has 4 rings (SSSR count). The Morgan fingerprint density at radius 3 is 2.26 bits per heavy atom. The van der Waals surface area contributed by atoms with E-state index in [1.54, 1.807) is 38.1 Å². The molecule has 0 saturated carbocycles. The number of halogens is 3. The standard InChI is InChI=1S/C28H33F3N4O4/c1-17(2)15-27(39)9-11-34(12-10-27)25(38)33-19-13-22(28(29,30)31)21-16-32-35(23(21)14-19)20-7-5-18(6-8-20)26(3,4)24(36)37/h5-8,13-14,16-17,39H,9-12,15H2,1-4H3,(H,33,38)(H,36,37). The number of carboxylic acids is 1. The molecule has 3 aromatic rings. The number of nitrogens with zero attached hydrogens (tertiary/aromatic N) is 3. The Labute approximate surface area is 224 Å². The summed E-state index contributed by atoms with van der Waals surface area (Å²) in [5, 5.41) is 26.9. The van der Waals surface area contributed by atoms with Crippen LogP contribution >= 0.6 is 0 Å². The molecule has 1 aliphatic heterocycles. The smallest absolute Gasteiger partial charge is 0.417 e. The number of carboxylic acid groups (broad SMARTS) is 1. The fraction of sp³-hybridized carbons (Fsp3) is 0.464. The molecule has 0 unspecified atom stereocenters. The minimum Gasteiger partial charge on any atom is -0.481 e. The van der Waals surface area contributed by atoms with Gasteiger partial charge >= 0.3 is 18.2 Å². The average molecular weight is 547 g/mol. The van der Waals surface area contributed by atoms with Crippen LogP contribution in [0.25, 0.3) is 16.6 Å². The van der Waals surface area contributed by atoms with E-state index in [1.807, 2.05) is 13.8 Å². The van der Waals surface area contributed by atoms with Crippen LogP contribution in [0.5, 0.6) is 0 Å². The largest absolute Gasteiger partial charge is 0.481 e. The lowest BCUT2D eigenvalue weighted by Crippen LogP contribution is -2.48. The summed E-state index contributed by atoms with van der Waals surface area (Å²) in [6.45, 7) is 7.74. The van der Waals surface area contributed by atoms with Crippen LogP contribution in [0.1, 0.15) is 58.1 Å². The molecule has 0 aliphatic carbocycles. The van der Waals surface area contributed by atoms with Gasteiger partial charge in [-0.05, 0) is 68.9 Å². The van der Waals surface area contributed by atoms with E-state index in [4.69, 9.17) is 0 Å². The van der Waals surface area contributed by atoms with Crippen molar-refractivity contribution in [3.63, 3.8) is 0 Å². The van der Waals surface area contributed by atoms with Gasteiger partial charge in [-0.15, -0.1) is 0 Å². The molecule has 0 bridgehead atoms. The number of urea groups is 1. The van der Waals surface area contributed by atoms with Crippen molar-refractivity contribution in [2.75, 3.05) is 18.4 Å². The lowest BCUT2D eigenvalue weighted by Gasteiger charge is -2.39. The van der Waals surface area contributed by atoms with Gasteiger partial charge in [-0.1, -0.05) is 26.0 Å². The van der Waals surface area contributed by atoms with Crippen molar-refractivity contribution in [2.45, 2.75) is 64.1 Å². The second-order valence-electron chi connectivity index (χ2n) is 11.2. The molecule has 2 heterocycles. The Balaban J connectivity index is 1.64. The minimum atomic E-state index is -4.69. The summed E-state index contributed by atoms with van der Waals surface area (Å²) in [7, 11) is 0. The third-order valence-corrected chi connectivity index (χ3v) is 7.38. The first-order valence-corrected chi connectivity index (χ1v) is 12.8. The van der Waals surface area contributed by atoms with Crippen LogP contribution in [0.4, 0.5) is 23.7 Å². The van der Waals surface area contributed by atoms with Crippen LogP contribution in [0.15, 0.2) is 42.6 Å². The summed E-state index contributed by atoms with van der Waals surface area (Å²) in [6.07, 6.45) is -2.16. The van der Waals surface area contributed by atoms with E-state index in [2.05, 4.69) is 10.4 Å². The Morgan fingerprint density at radius 1 is 1.10 bits per heavy atom. The van der Waals surface area contributed by atoms with Crippen LogP contribution in [0, 0.1) is 5.92 Å². The number of benzene rings is 2. The normalized spacial score (nSPS) is 16.1. The van der Waals surface area contributed by atoms with Gasteiger partial charge in [0.25, 0.3) is 0 Å². The van der Waals surface area contributed by atoms with Crippen LogP contribution in [-0.2, 0) is 16.4 Å². The maximum atomic E-state index is 14.0. The first kappa shape index (κ1) is 28.4. The molecule has 11 heteroatoms. The Bertz CT molecular complexity index is 1370. The molecular formula is C28H33F3N4O4. The number of aliphatic carboxylic acids is 1. The van der Waals surface area contributed by atoms with Gasteiger partial charge in [-0.3, -0.25) is 4.79 Å². The maximum Gasteiger partial charge on any atom is 0.417 e. The van der Waals surface area contributed by atoms with E-state index in [0.717, 1.165) is 12.3 Å². The van der Waals surface area contributed by atoms with Crippen molar-refractivity contribution in [3.05, 3.63) is 53.7 Å². The first-order chi connectivity index (χ1) is 18.1. The zero-order valence-corrected chi connectivity index (χ0v) is 22.3. The molecule has 2 aromatic carbocycles. The number of fused-ring (bicyclic) bond motifs is 1. The summed E-state index contributed by atoms with van der Waals surface area (Å²) in [5.41, 5.74) is -1.87. The van der Waals surface area contributed by atoms with E-state index >= 15 is 0 Å². The van der Waals surface area contributed by atoms with E-state index in [1.165, 1.54) is 15.6 Å². The Hall–Kier alpha value is -3.60. The van der Waals surface area contributed by atoms with Crippen molar-refractivity contribution in [1.29, 1.82) is 0 Å². The number of piperidine rings is 1. The van der Waals surface area contributed by atoms with E-state index in [-0.39, 0.29) is 16.6 Å². The molecule has 2 amide bonds. The maximum absolute atomic E-state index is 14.0. The molecule has 39 heavy (non-hydrogen) atoms. The Morgan fingerprint density at radius 2 is 1.72 bits per heavy atom. The summed E-state index contributed by atoms with van der Waals surface area (Å²) < 4.78 is 43.3. The van der Waals surface area contributed by atoms with Crippen LogP contribution in [-0.4, -0.2) is 55.6 Å². The number of likely N-dealkylation sites (tertiary alicyclic amines) is 1. The van der Waals surface area contributed by atoms with Gasteiger partial charge in [-0.2, -0.15) is 18.3 Å². The van der Waals surface area contributed by atoms with Gasteiger partial charge < -0.3 is 20.4 Å². The highest BCUT2D eigenvalue weighted by molar-refractivity contribution is 5.94. The summed E-state index contributed by atoms with van der Waals surface area (Å²) in [5.74, 6) is -0.707. The van der Waals surface area contributed by atoms with Crippen LogP contribution < -0.4 is 5.32 Å². The molecule has 3 N–H and O–H groups in total. The average Bonchev–Trinajstić information content (AvgIpc) is 3.26. The lowest BCUT2D eigenvalue weighted by atomic mass is 9.84. The Kier molecular flexibility index (Phi) is 7.41. The highest BCUT2D eigenvalue weighted by Crippen LogP contribution is 2.38. The minimum absolute atomic E-state index is 0.0341. The molecule has 0 atom stereocenters. The van der Waals surface area contributed by atoms with Crippen LogP contribution in [0.3, 0.4) is 0 Å². The molecule has 1 fully saturated rings.